The number of aryl methyl sites for hydroxylation is 1. The molecule has 68 valence electrons. The second-order valence-electron chi connectivity index (χ2n) is 2.01. The molecular formula is C8H13NO3. The van der Waals surface area contributed by atoms with Crippen LogP contribution in [-0.4, -0.2) is 15.0 Å². The van der Waals surface area contributed by atoms with Crippen molar-refractivity contribution in [1.29, 1.82) is 0 Å². The van der Waals surface area contributed by atoms with Gasteiger partial charge in [0.2, 0.25) is 5.43 Å². The summed E-state index contributed by atoms with van der Waals surface area (Å²) in [6.07, 6.45) is 0.956. The minimum Gasteiger partial charge on any atom is -0.503 e. The van der Waals surface area contributed by atoms with E-state index >= 15 is 0 Å². The van der Waals surface area contributed by atoms with Crippen molar-refractivity contribution in [1.82, 2.24) is 4.73 Å². The Kier molecular flexibility index (Phi) is 3.90. The lowest BCUT2D eigenvalue weighted by atomic mass is 10.3. The van der Waals surface area contributed by atoms with Gasteiger partial charge in [-0.15, -0.1) is 0 Å². The van der Waals surface area contributed by atoms with Gasteiger partial charge in [-0.25, -0.2) is 0 Å². The fraction of sp³-hybridized carbons (Fsp3) is 0.375. The van der Waals surface area contributed by atoms with E-state index in [2.05, 4.69) is 0 Å². The summed E-state index contributed by atoms with van der Waals surface area (Å²) >= 11 is 0. The average molecular weight is 171 g/mol. The Morgan fingerprint density at radius 3 is 2.33 bits per heavy atom. The fourth-order valence-electron chi connectivity index (χ4n) is 0.611. The third kappa shape index (κ3) is 2.30. The zero-order valence-electron chi connectivity index (χ0n) is 7.40. The van der Waals surface area contributed by atoms with Crippen LogP contribution in [0.1, 0.15) is 19.5 Å². The van der Waals surface area contributed by atoms with Crippen LogP contribution in [0.15, 0.2) is 17.1 Å². The molecule has 0 unspecified atom stereocenters. The number of aromatic nitrogens is 1. The molecule has 0 aromatic carbocycles. The molecule has 1 aromatic heterocycles. The van der Waals surface area contributed by atoms with Crippen molar-refractivity contribution in [3.63, 3.8) is 0 Å². The topological polar surface area (TPSA) is 62.5 Å². The Morgan fingerprint density at radius 1 is 1.42 bits per heavy atom. The van der Waals surface area contributed by atoms with E-state index in [1.807, 2.05) is 13.8 Å². The van der Waals surface area contributed by atoms with Crippen LogP contribution >= 0.6 is 0 Å². The van der Waals surface area contributed by atoms with E-state index in [1.165, 1.54) is 0 Å². The Bertz CT molecular complexity index is 304. The highest BCUT2D eigenvalue weighted by molar-refractivity contribution is 5.18. The van der Waals surface area contributed by atoms with Crippen LogP contribution in [0.4, 0.5) is 0 Å². The van der Waals surface area contributed by atoms with Crippen LogP contribution in [-0.2, 0) is 0 Å². The molecule has 4 heteroatoms. The molecule has 4 nitrogen and oxygen atoms in total. The molecule has 0 atom stereocenters. The summed E-state index contributed by atoms with van der Waals surface area (Å²) in [6, 6.07) is 1.15. The average Bonchev–Trinajstić information content (AvgIpc) is 2.05. The van der Waals surface area contributed by atoms with Crippen LogP contribution in [0.2, 0.25) is 0 Å². The zero-order valence-corrected chi connectivity index (χ0v) is 7.40. The van der Waals surface area contributed by atoms with Crippen LogP contribution in [0.25, 0.3) is 0 Å². The van der Waals surface area contributed by atoms with Crippen LogP contribution in [0.5, 0.6) is 5.75 Å². The molecule has 0 saturated carbocycles. The molecule has 12 heavy (non-hydrogen) atoms. The summed E-state index contributed by atoms with van der Waals surface area (Å²) in [5.41, 5.74) is -0.0920. The molecule has 0 spiro atoms. The number of pyridine rings is 1. The molecule has 1 aromatic rings. The fourth-order valence-corrected chi connectivity index (χ4v) is 0.611. The van der Waals surface area contributed by atoms with E-state index < -0.39 is 11.2 Å². The summed E-state index contributed by atoms with van der Waals surface area (Å²) in [4.78, 5) is 10.6. The van der Waals surface area contributed by atoms with Gasteiger partial charge in [0.15, 0.2) is 5.75 Å². The molecule has 0 fully saturated rings. The largest absolute Gasteiger partial charge is 0.503 e. The van der Waals surface area contributed by atoms with Crippen LogP contribution in [0, 0.1) is 6.92 Å². The Morgan fingerprint density at radius 2 is 1.92 bits per heavy atom. The molecule has 0 radical (unpaired) electrons. The summed E-state index contributed by atoms with van der Waals surface area (Å²) in [7, 11) is 0. The first-order valence-electron chi connectivity index (χ1n) is 3.73. The SMILES string of the molecule is CC.Cc1cc(=O)c(O)cn1O. The molecule has 0 aliphatic rings. The highest BCUT2D eigenvalue weighted by Gasteiger charge is 1.98. The van der Waals surface area contributed by atoms with E-state index in [4.69, 9.17) is 10.3 Å². The molecule has 0 aliphatic heterocycles. The maximum Gasteiger partial charge on any atom is 0.223 e. The zero-order chi connectivity index (χ0) is 9.72. The Labute approximate surface area is 70.7 Å². The monoisotopic (exact) mass is 171 g/mol. The third-order valence-corrected chi connectivity index (χ3v) is 1.20. The van der Waals surface area contributed by atoms with Crippen molar-refractivity contribution in [2.45, 2.75) is 20.8 Å². The smallest absolute Gasteiger partial charge is 0.223 e. The first-order valence-corrected chi connectivity index (χ1v) is 3.73. The Balaban J connectivity index is 0.000000561. The lowest BCUT2D eigenvalue weighted by molar-refractivity contribution is 0.174. The van der Waals surface area contributed by atoms with Gasteiger partial charge in [0, 0.05) is 6.07 Å². The predicted octanol–water partition coefficient (Wildman–Crippen LogP) is 1.13. The van der Waals surface area contributed by atoms with Gasteiger partial charge in [-0.3, -0.25) is 4.79 Å². The van der Waals surface area contributed by atoms with Crippen LogP contribution < -0.4 is 5.43 Å². The summed E-state index contributed by atoms with van der Waals surface area (Å²) in [5.74, 6) is -0.451. The van der Waals surface area contributed by atoms with Gasteiger partial charge in [0.25, 0.3) is 0 Å². The van der Waals surface area contributed by atoms with Gasteiger partial charge in [0.1, 0.15) is 0 Å². The number of hydrogen-bond donors (Lipinski definition) is 2. The highest BCUT2D eigenvalue weighted by atomic mass is 16.5. The normalized spacial score (nSPS) is 8.58. The Hall–Kier alpha value is -1.45. The molecule has 0 aliphatic carbocycles. The maximum atomic E-state index is 10.6. The van der Waals surface area contributed by atoms with E-state index in [1.54, 1.807) is 6.92 Å². The highest BCUT2D eigenvalue weighted by Crippen LogP contribution is 1.99. The van der Waals surface area contributed by atoms with Gasteiger partial charge in [-0.1, -0.05) is 13.8 Å². The van der Waals surface area contributed by atoms with Crippen LogP contribution in [0.3, 0.4) is 0 Å². The predicted molar refractivity (Wildman–Crippen MR) is 45.6 cm³/mol. The molecule has 1 rings (SSSR count). The maximum absolute atomic E-state index is 10.6. The summed E-state index contributed by atoms with van der Waals surface area (Å²) < 4.78 is 0.691. The summed E-state index contributed by atoms with van der Waals surface area (Å²) in [5, 5.41) is 17.6. The van der Waals surface area contributed by atoms with Crippen molar-refractivity contribution in [3.05, 3.63) is 28.2 Å². The first-order chi connectivity index (χ1) is 5.61. The number of nitrogens with zero attached hydrogens (tertiary/aromatic N) is 1. The minimum absolute atomic E-state index is 0.391. The van der Waals surface area contributed by atoms with Crippen molar-refractivity contribution < 1.29 is 10.3 Å². The van der Waals surface area contributed by atoms with Gasteiger partial charge < -0.3 is 10.3 Å². The van der Waals surface area contributed by atoms with Gasteiger partial charge in [-0.2, -0.15) is 4.73 Å². The molecule has 1 heterocycles. The second kappa shape index (κ2) is 4.43. The van der Waals surface area contributed by atoms with Crippen molar-refractivity contribution in [2.75, 3.05) is 0 Å². The van der Waals surface area contributed by atoms with Crippen molar-refractivity contribution in [2.24, 2.45) is 0 Å². The summed E-state index contributed by atoms with van der Waals surface area (Å²) in [6.45, 7) is 5.56. The third-order valence-electron chi connectivity index (χ3n) is 1.20. The first kappa shape index (κ1) is 10.6. The van der Waals surface area contributed by atoms with E-state index in [0.717, 1.165) is 12.3 Å². The van der Waals surface area contributed by atoms with Gasteiger partial charge >= 0.3 is 0 Å². The lowest BCUT2D eigenvalue weighted by Gasteiger charge is -1.99. The van der Waals surface area contributed by atoms with Crippen molar-refractivity contribution in [3.8, 4) is 5.75 Å². The number of rotatable bonds is 0. The van der Waals surface area contributed by atoms with E-state index in [9.17, 15) is 4.79 Å². The molecule has 0 saturated heterocycles. The number of hydrogen-bond acceptors (Lipinski definition) is 3. The minimum atomic E-state index is -0.484. The lowest BCUT2D eigenvalue weighted by Crippen LogP contribution is -2.06. The number of aromatic hydroxyl groups is 1. The van der Waals surface area contributed by atoms with Crippen molar-refractivity contribution >= 4 is 0 Å². The molecule has 0 bridgehead atoms. The second-order valence-corrected chi connectivity index (χ2v) is 2.01. The van der Waals surface area contributed by atoms with Gasteiger partial charge in [0.05, 0.1) is 11.9 Å². The molecular weight excluding hydrogens is 158 g/mol. The van der Waals surface area contributed by atoms with Gasteiger partial charge in [-0.05, 0) is 6.92 Å². The molecule has 0 amide bonds. The van der Waals surface area contributed by atoms with E-state index in [-0.39, 0.29) is 0 Å². The standard InChI is InChI=1S/C6H7NO3.C2H6/c1-4-2-5(8)6(9)3-7(4)10;1-2/h2-3,9-10H,1H3;1-2H3. The molecule has 2 N–H and O–H groups in total. The quantitative estimate of drug-likeness (QED) is 0.575. The van der Waals surface area contributed by atoms with E-state index in [0.29, 0.717) is 10.4 Å².